The first-order valence-electron chi connectivity index (χ1n) is 7.78. The van der Waals surface area contributed by atoms with Crippen molar-refractivity contribution in [1.29, 1.82) is 0 Å². The average Bonchev–Trinajstić information content (AvgIpc) is 2.43. The molecule has 20 heavy (non-hydrogen) atoms. The van der Waals surface area contributed by atoms with Crippen LogP contribution in [0.2, 0.25) is 0 Å². The van der Waals surface area contributed by atoms with E-state index >= 15 is 0 Å². The van der Waals surface area contributed by atoms with Gasteiger partial charge in [0.25, 0.3) is 0 Å². The van der Waals surface area contributed by atoms with Gasteiger partial charge in [-0.2, -0.15) is 0 Å². The fourth-order valence-electron chi connectivity index (χ4n) is 3.97. The van der Waals surface area contributed by atoms with E-state index in [1.807, 2.05) is 6.07 Å². The van der Waals surface area contributed by atoms with Gasteiger partial charge in [-0.3, -0.25) is 9.69 Å². The van der Waals surface area contributed by atoms with Crippen LogP contribution < -0.4 is 0 Å². The minimum Gasteiger partial charge on any atom is -0.298 e. The maximum Gasteiger partial charge on any atom is 0.153 e. The van der Waals surface area contributed by atoms with Crippen molar-refractivity contribution in [3.05, 3.63) is 35.9 Å². The Morgan fingerprint density at radius 1 is 1.20 bits per heavy atom. The Morgan fingerprint density at radius 2 is 1.90 bits per heavy atom. The summed E-state index contributed by atoms with van der Waals surface area (Å²) in [6.45, 7) is 9.02. The molecule has 1 aromatic rings. The Balaban J connectivity index is 1.79. The molecule has 3 heterocycles. The molecule has 2 nitrogen and oxygen atoms in total. The van der Waals surface area contributed by atoms with Crippen LogP contribution in [0.4, 0.5) is 0 Å². The zero-order valence-electron chi connectivity index (χ0n) is 12.8. The second-order valence-corrected chi connectivity index (χ2v) is 7.47. The lowest BCUT2D eigenvalue weighted by Crippen LogP contribution is -2.62. The fraction of sp³-hybridized carbons (Fsp3) is 0.611. The predicted molar refractivity (Wildman–Crippen MR) is 81.6 cm³/mol. The molecule has 3 aliphatic rings. The molecule has 4 unspecified atom stereocenters. The Labute approximate surface area is 122 Å². The van der Waals surface area contributed by atoms with E-state index in [1.165, 1.54) is 5.56 Å². The van der Waals surface area contributed by atoms with Crippen molar-refractivity contribution >= 4 is 5.78 Å². The third kappa shape index (κ3) is 2.42. The summed E-state index contributed by atoms with van der Waals surface area (Å²) in [7, 11) is 0. The van der Waals surface area contributed by atoms with Crippen molar-refractivity contribution in [3.63, 3.8) is 0 Å². The van der Waals surface area contributed by atoms with E-state index in [2.05, 4.69) is 49.9 Å². The second-order valence-electron chi connectivity index (χ2n) is 7.47. The third-order valence-corrected chi connectivity index (χ3v) is 5.16. The lowest BCUT2D eigenvalue weighted by molar-refractivity contribution is -0.146. The summed E-state index contributed by atoms with van der Waals surface area (Å²) in [6, 6.07) is 10.6. The topological polar surface area (TPSA) is 20.3 Å². The summed E-state index contributed by atoms with van der Waals surface area (Å²) >= 11 is 0. The smallest absolute Gasteiger partial charge is 0.153 e. The molecule has 0 amide bonds. The third-order valence-electron chi connectivity index (χ3n) is 5.16. The molecule has 0 aliphatic carbocycles. The summed E-state index contributed by atoms with van der Waals surface area (Å²) in [5, 5.41) is 0. The van der Waals surface area contributed by atoms with Gasteiger partial charge in [0.1, 0.15) is 0 Å². The van der Waals surface area contributed by atoms with E-state index in [4.69, 9.17) is 0 Å². The molecule has 0 radical (unpaired) electrons. The van der Waals surface area contributed by atoms with E-state index in [-0.39, 0.29) is 17.4 Å². The van der Waals surface area contributed by atoms with Crippen molar-refractivity contribution in [2.75, 3.05) is 13.1 Å². The summed E-state index contributed by atoms with van der Waals surface area (Å²) < 4.78 is 0. The highest BCUT2D eigenvalue weighted by molar-refractivity contribution is 5.88. The average molecular weight is 271 g/mol. The van der Waals surface area contributed by atoms with Crippen LogP contribution in [0.5, 0.6) is 0 Å². The lowest BCUT2D eigenvalue weighted by Gasteiger charge is -2.52. The fourth-order valence-corrected chi connectivity index (χ4v) is 3.97. The van der Waals surface area contributed by atoms with Gasteiger partial charge in [0.15, 0.2) is 5.78 Å². The Kier molecular flexibility index (Phi) is 3.45. The number of fused-ring (bicyclic) bond motifs is 3. The minimum atomic E-state index is 0.120. The van der Waals surface area contributed by atoms with Crippen LogP contribution in [-0.4, -0.2) is 29.8 Å². The summed E-state index contributed by atoms with van der Waals surface area (Å²) in [6.07, 6.45) is 1.94. The molecule has 1 aromatic carbocycles. The highest BCUT2D eigenvalue weighted by atomic mass is 16.1. The number of Topliss-reactive ketones (excluding diaryl/α,β-unsaturated/α-hetero) is 1. The van der Waals surface area contributed by atoms with Crippen molar-refractivity contribution < 1.29 is 4.79 Å². The first-order valence-corrected chi connectivity index (χ1v) is 7.78. The number of ketones is 1. The number of nitrogens with zero attached hydrogens (tertiary/aromatic N) is 1. The molecule has 4 rings (SSSR count). The maximum atomic E-state index is 12.8. The maximum absolute atomic E-state index is 12.8. The van der Waals surface area contributed by atoms with Crippen molar-refractivity contribution in [2.45, 2.75) is 39.7 Å². The molecule has 0 spiro atoms. The second kappa shape index (κ2) is 5.00. The van der Waals surface area contributed by atoms with Crippen LogP contribution in [0.25, 0.3) is 0 Å². The molecule has 3 saturated heterocycles. The molecular formula is C18H25NO. The first kappa shape index (κ1) is 13.8. The van der Waals surface area contributed by atoms with Crippen LogP contribution in [0, 0.1) is 17.3 Å². The molecule has 0 saturated carbocycles. The van der Waals surface area contributed by atoms with Crippen LogP contribution in [0.15, 0.2) is 30.3 Å². The van der Waals surface area contributed by atoms with E-state index in [0.29, 0.717) is 11.7 Å². The molecule has 4 atom stereocenters. The summed E-state index contributed by atoms with van der Waals surface area (Å²) in [5.41, 5.74) is 1.52. The molecule has 0 N–H and O–H groups in total. The van der Waals surface area contributed by atoms with Crippen molar-refractivity contribution in [2.24, 2.45) is 17.3 Å². The largest absolute Gasteiger partial charge is 0.298 e. The summed E-state index contributed by atoms with van der Waals surface area (Å²) in [4.78, 5) is 15.2. The Bertz CT molecular complexity index is 488. The molecule has 0 aromatic heterocycles. The minimum absolute atomic E-state index is 0.120. The number of hydrogen-bond acceptors (Lipinski definition) is 2. The zero-order chi connectivity index (χ0) is 14.3. The lowest BCUT2D eigenvalue weighted by atomic mass is 9.64. The summed E-state index contributed by atoms with van der Waals surface area (Å²) in [5.74, 6) is 1.30. The van der Waals surface area contributed by atoms with Gasteiger partial charge in [0.2, 0.25) is 0 Å². The van der Waals surface area contributed by atoms with Crippen LogP contribution in [0.3, 0.4) is 0 Å². The normalized spacial score (nSPS) is 33.5. The zero-order valence-corrected chi connectivity index (χ0v) is 12.8. The van der Waals surface area contributed by atoms with E-state index in [1.54, 1.807) is 0 Å². The van der Waals surface area contributed by atoms with Gasteiger partial charge in [-0.1, -0.05) is 51.1 Å². The standard InChI is InChI=1S/C18H25NO/c1-18(2,3)15-12-19-10-9-14(15)17(20)16(19)11-13-7-5-4-6-8-13/h4-8,14-16H,9-12H2,1-3H3. The van der Waals surface area contributed by atoms with Gasteiger partial charge in [0.05, 0.1) is 6.04 Å². The number of carbonyl (C=O) groups excluding carboxylic acids is 1. The van der Waals surface area contributed by atoms with Gasteiger partial charge in [-0.15, -0.1) is 0 Å². The highest BCUT2D eigenvalue weighted by Crippen LogP contribution is 2.43. The van der Waals surface area contributed by atoms with E-state index in [9.17, 15) is 4.79 Å². The van der Waals surface area contributed by atoms with Gasteiger partial charge >= 0.3 is 0 Å². The molecular weight excluding hydrogens is 246 g/mol. The van der Waals surface area contributed by atoms with Gasteiger partial charge in [-0.05, 0) is 36.3 Å². The first-order chi connectivity index (χ1) is 9.47. The predicted octanol–water partition coefficient (Wildman–Crippen LogP) is 3.16. The Hall–Kier alpha value is -1.15. The number of piperidine rings is 3. The molecule has 2 heteroatoms. The number of hydrogen-bond donors (Lipinski definition) is 0. The van der Waals surface area contributed by atoms with Crippen LogP contribution in [0.1, 0.15) is 32.8 Å². The van der Waals surface area contributed by atoms with Crippen LogP contribution in [-0.2, 0) is 11.2 Å². The number of carbonyl (C=O) groups is 1. The van der Waals surface area contributed by atoms with Crippen molar-refractivity contribution in [1.82, 2.24) is 4.90 Å². The molecule has 2 bridgehead atoms. The quantitative estimate of drug-likeness (QED) is 0.823. The number of rotatable bonds is 2. The monoisotopic (exact) mass is 271 g/mol. The van der Waals surface area contributed by atoms with Gasteiger partial charge in [0, 0.05) is 12.5 Å². The molecule has 3 aliphatic heterocycles. The SMILES string of the molecule is CC(C)(C)C1CN2CCC1C(=O)C2Cc1ccccc1. The molecule has 108 valence electrons. The van der Waals surface area contributed by atoms with Gasteiger partial charge < -0.3 is 0 Å². The highest BCUT2D eigenvalue weighted by Gasteiger charge is 2.49. The van der Waals surface area contributed by atoms with Crippen molar-refractivity contribution in [3.8, 4) is 0 Å². The Morgan fingerprint density at radius 3 is 2.50 bits per heavy atom. The molecule has 3 fully saturated rings. The van der Waals surface area contributed by atoms with E-state index in [0.717, 1.165) is 25.9 Å². The van der Waals surface area contributed by atoms with Gasteiger partial charge in [-0.25, -0.2) is 0 Å². The van der Waals surface area contributed by atoms with Crippen LogP contribution >= 0.6 is 0 Å². The number of benzene rings is 1. The van der Waals surface area contributed by atoms with E-state index < -0.39 is 0 Å².